The van der Waals surface area contributed by atoms with Crippen LogP contribution in [0.25, 0.3) is 22.3 Å². The minimum absolute atomic E-state index is 0.162. The van der Waals surface area contributed by atoms with Crippen LogP contribution in [0.2, 0.25) is 0 Å². The summed E-state index contributed by atoms with van der Waals surface area (Å²) in [7, 11) is 0. The molecule has 0 fully saturated rings. The minimum atomic E-state index is -0.257. The monoisotopic (exact) mass is 419 g/mol. The predicted octanol–water partition coefficient (Wildman–Crippen LogP) is 6.32. The van der Waals surface area contributed by atoms with E-state index in [0.717, 1.165) is 22.1 Å². The number of hydrogen-bond acceptors (Lipinski definition) is 3. The van der Waals surface area contributed by atoms with E-state index in [0.29, 0.717) is 16.9 Å². The van der Waals surface area contributed by atoms with Gasteiger partial charge in [0.2, 0.25) is 0 Å². The van der Waals surface area contributed by atoms with Crippen molar-refractivity contribution in [1.82, 2.24) is 5.32 Å². The van der Waals surface area contributed by atoms with Crippen LogP contribution in [0.4, 0.5) is 0 Å². The number of phenolic OH excluding ortho intramolecular Hbond substituents is 1. The first kappa shape index (κ1) is 19.6. The van der Waals surface area contributed by atoms with Gasteiger partial charge in [0.1, 0.15) is 17.1 Å². The van der Waals surface area contributed by atoms with E-state index in [4.69, 9.17) is 4.42 Å². The highest BCUT2D eigenvalue weighted by molar-refractivity contribution is 5.98. The molecule has 0 spiro atoms. The normalized spacial score (nSPS) is 11.0. The molecule has 5 rings (SSSR count). The fraction of sp³-hybridized carbons (Fsp3) is 0.0357. The van der Waals surface area contributed by atoms with Gasteiger partial charge in [-0.05, 0) is 47.5 Å². The third kappa shape index (κ3) is 3.98. The Morgan fingerprint density at radius 2 is 1.44 bits per heavy atom. The first-order valence-electron chi connectivity index (χ1n) is 10.4. The van der Waals surface area contributed by atoms with Gasteiger partial charge in [-0.1, -0.05) is 72.8 Å². The summed E-state index contributed by atoms with van der Waals surface area (Å²) in [6.07, 6.45) is 0. The Balaban J connectivity index is 1.45. The number of aromatic hydroxyl groups is 1. The molecule has 0 unspecified atom stereocenters. The van der Waals surface area contributed by atoms with Crippen molar-refractivity contribution in [2.45, 2.75) is 6.04 Å². The Labute approximate surface area is 185 Å². The zero-order valence-electron chi connectivity index (χ0n) is 17.2. The van der Waals surface area contributed by atoms with Gasteiger partial charge in [0.15, 0.2) is 0 Å². The molecule has 4 nitrogen and oxygen atoms in total. The molecule has 0 bridgehead atoms. The summed E-state index contributed by atoms with van der Waals surface area (Å²) in [5.41, 5.74) is 4.05. The van der Waals surface area contributed by atoms with Gasteiger partial charge in [-0.15, -0.1) is 0 Å². The number of nitrogens with one attached hydrogen (secondary N) is 1. The van der Waals surface area contributed by atoms with Crippen molar-refractivity contribution in [3.05, 3.63) is 126 Å². The number of furan rings is 1. The molecular formula is C28H21NO3. The van der Waals surface area contributed by atoms with Gasteiger partial charge >= 0.3 is 0 Å². The molecule has 0 aliphatic rings. The number of carbonyl (C=O) groups excluding carboxylic acids is 1. The van der Waals surface area contributed by atoms with Gasteiger partial charge in [0.05, 0.1) is 6.04 Å². The van der Waals surface area contributed by atoms with E-state index in [1.807, 2.05) is 78.9 Å². The fourth-order valence-corrected chi connectivity index (χ4v) is 3.85. The summed E-state index contributed by atoms with van der Waals surface area (Å²) in [6.45, 7) is 0. The highest BCUT2D eigenvalue weighted by atomic mass is 16.3. The van der Waals surface area contributed by atoms with Gasteiger partial charge in [0, 0.05) is 16.5 Å². The lowest BCUT2D eigenvalue weighted by atomic mass is 9.98. The highest BCUT2D eigenvalue weighted by Gasteiger charge is 2.18. The van der Waals surface area contributed by atoms with Crippen LogP contribution < -0.4 is 5.32 Å². The molecule has 1 heterocycles. The van der Waals surface area contributed by atoms with Crippen LogP contribution in [0.3, 0.4) is 0 Å². The van der Waals surface area contributed by atoms with Crippen molar-refractivity contribution < 1.29 is 14.3 Å². The van der Waals surface area contributed by atoms with Gasteiger partial charge in [-0.25, -0.2) is 0 Å². The molecule has 32 heavy (non-hydrogen) atoms. The Hall–Kier alpha value is -4.31. The Morgan fingerprint density at radius 3 is 2.09 bits per heavy atom. The van der Waals surface area contributed by atoms with E-state index >= 15 is 0 Å². The maximum absolute atomic E-state index is 13.2. The standard InChI is InChI=1S/C28H21NO3/c30-24-13-7-12-21(17-24)26-18-23-16-22(14-15-25(23)32-26)28(31)29-27(19-8-3-1-4-9-19)20-10-5-2-6-11-20/h1-18,27,30H,(H,29,31). The maximum atomic E-state index is 13.2. The van der Waals surface area contributed by atoms with Crippen molar-refractivity contribution in [3.63, 3.8) is 0 Å². The van der Waals surface area contributed by atoms with Crippen LogP contribution in [0, 0.1) is 0 Å². The first-order valence-corrected chi connectivity index (χ1v) is 10.4. The van der Waals surface area contributed by atoms with Gasteiger partial charge in [-0.2, -0.15) is 0 Å². The number of rotatable bonds is 5. The van der Waals surface area contributed by atoms with E-state index in [2.05, 4.69) is 5.32 Å². The molecule has 0 saturated heterocycles. The van der Waals surface area contributed by atoms with Gasteiger partial charge in [0.25, 0.3) is 5.91 Å². The molecule has 4 heteroatoms. The molecule has 0 atom stereocenters. The SMILES string of the molecule is O=C(NC(c1ccccc1)c1ccccc1)c1ccc2oc(-c3cccc(O)c3)cc2c1. The van der Waals surface area contributed by atoms with Crippen LogP contribution in [-0.2, 0) is 0 Å². The molecule has 0 aliphatic carbocycles. The molecule has 1 amide bonds. The van der Waals surface area contributed by atoms with Crippen LogP contribution in [0.5, 0.6) is 5.75 Å². The minimum Gasteiger partial charge on any atom is -0.508 e. The quantitative estimate of drug-likeness (QED) is 0.350. The summed E-state index contributed by atoms with van der Waals surface area (Å²) in [4.78, 5) is 13.2. The summed E-state index contributed by atoms with van der Waals surface area (Å²) in [5, 5.41) is 13.7. The smallest absolute Gasteiger partial charge is 0.252 e. The summed E-state index contributed by atoms with van der Waals surface area (Å²) in [5.74, 6) is 0.653. The summed E-state index contributed by atoms with van der Waals surface area (Å²) < 4.78 is 5.92. The highest BCUT2D eigenvalue weighted by Crippen LogP contribution is 2.30. The summed E-state index contributed by atoms with van der Waals surface area (Å²) >= 11 is 0. The van der Waals surface area contributed by atoms with Crippen molar-refractivity contribution in [3.8, 4) is 17.1 Å². The third-order valence-electron chi connectivity index (χ3n) is 5.45. The van der Waals surface area contributed by atoms with Crippen molar-refractivity contribution >= 4 is 16.9 Å². The van der Waals surface area contributed by atoms with Gasteiger partial charge < -0.3 is 14.8 Å². The summed E-state index contributed by atoms with van der Waals surface area (Å²) in [6, 6.07) is 33.8. The van der Waals surface area contributed by atoms with Crippen LogP contribution in [0.1, 0.15) is 27.5 Å². The second-order valence-corrected chi connectivity index (χ2v) is 7.64. The molecular weight excluding hydrogens is 398 g/mol. The van der Waals surface area contributed by atoms with E-state index in [-0.39, 0.29) is 17.7 Å². The molecule has 156 valence electrons. The number of carbonyl (C=O) groups is 1. The average Bonchev–Trinajstić information content (AvgIpc) is 3.27. The molecule has 5 aromatic rings. The number of benzene rings is 4. The van der Waals surface area contributed by atoms with Gasteiger partial charge in [-0.3, -0.25) is 4.79 Å². The fourth-order valence-electron chi connectivity index (χ4n) is 3.85. The van der Waals surface area contributed by atoms with Crippen LogP contribution in [-0.4, -0.2) is 11.0 Å². The second-order valence-electron chi connectivity index (χ2n) is 7.64. The lowest BCUT2D eigenvalue weighted by Gasteiger charge is -2.20. The molecule has 1 aromatic heterocycles. The molecule has 0 aliphatic heterocycles. The lowest BCUT2D eigenvalue weighted by molar-refractivity contribution is 0.0943. The van der Waals surface area contributed by atoms with E-state index in [1.165, 1.54) is 0 Å². The Bertz CT molecular complexity index is 1330. The van der Waals surface area contributed by atoms with E-state index in [1.54, 1.807) is 30.3 Å². The van der Waals surface area contributed by atoms with Crippen LogP contribution in [0.15, 0.2) is 114 Å². The van der Waals surface area contributed by atoms with E-state index in [9.17, 15) is 9.90 Å². The first-order chi connectivity index (χ1) is 15.7. The molecule has 0 saturated carbocycles. The number of amides is 1. The zero-order chi connectivity index (χ0) is 21.9. The zero-order valence-corrected chi connectivity index (χ0v) is 17.2. The second kappa shape index (κ2) is 8.44. The Kier molecular flexibility index (Phi) is 5.18. The number of fused-ring (bicyclic) bond motifs is 1. The number of phenols is 1. The van der Waals surface area contributed by atoms with Crippen molar-refractivity contribution in [2.24, 2.45) is 0 Å². The maximum Gasteiger partial charge on any atom is 0.252 e. The molecule has 4 aromatic carbocycles. The predicted molar refractivity (Wildman–Crippen MR) is 126 cm³/mol. The Morgan fingerprint density at radius 1 is 0.750 bits per heavy atom. The lowest BCUT2D eigenvalue weighted by Crippen LogP contribution is -2.29. The average molecular weight is 419 g/mol. The largest absolute Gasteiger partial charge is 0.508 e. The molecule has 2 N–H and O–H groups in total. The molecule has 0 radical (unpaired) electrons. The van der Waals surface area contributed by atoms with Crippen molar-refractivity contribution in [2.75, 3.05) is 0 Å². The third-order valence-corrected chi connectivity index (χ3v) is 5.45. The number of hydrogen-bond donors (Lipinski definition) is 2. The van der Waals surface area contributed by atoms with Crippen LogP contribution >= 0.6 is 0 Å². The van der Waals surface area contributed by atoms with E-state index < -0.39 is 0 Å². The van der Waals surface area contributed by atoms with Crippen molar-refractivity contribution in [1.29, 1.82) is 0 Å². The topological polar surface area (TPSA) is 62.5 Å².